The zero-order valence-electron chi connectivity index (χ0n) is 10.4. The minimum absolute atomic E-state index is 0.126. The first kappa shape index (κ1) is 11.5. The van der Waals surface area contributed by atoms with Gasteiger partial charge in [0.05, 0.1) is 6.61 Å². The summed E-state index contributed by atoms with van der Waals surface area (Å²) in [5.41, 5.74) is 7.58. The molecule has 0 unspecified atom stereocenters. The van der Waals surface area contributed by atoms with Crippen LogP contribution in [0.2, 0.25) is 0 Å². The van der Waals surface area contributed by atoms with Gasteiger partial charge in [0, 0.05) is 25.1 Å². The molecule has 0 aromatic heterocycles. The van der Waals surface area contributed by atoms with E-state index >= 15 is 0 Å². The maximum Gasteiger partial charge on any atom is 0.253 e. The first-order valence-corrected chi connectivity index (χ1v) is 6.53. The number of hydrogen-bond donors (Lipinski definition) is 1. The molecule has 1 atom stereocenters. The summed E-state index contributed by atoms with van der Waals surface area (Å²) in [5, 5.41) is 0. The topological polar surface area (TPSA) is 55.6 Å². The van der Waals surface area contributed by atoms with Crippen molar-refractivity contribution in [3.8, 4) is 5.75 Å². The van der Waals surface area contributed by atoms with Crippen molar-refractivity contribution >= 4 is 5.91 Å². The Kier molecular flexibility index (Phi) is 2.96. The fraction of sp³-hybridized carbons (Fsp3) is 0.500. The molecule has 0 aliphatic carbocycles. The number of rotatable bonds is 2. The standard InChI is InChI=1S/C14H18N2O2/c15-8-10-3-5-16(9-10)14(17)12-1-2-13-11(7-12)4-6-18-13/h1-2,7,10H,3-6,8-9,15H2/t10-/m1/s1. The Balaban J connectivity index is 1.77. The number of ether oxygens (including phenoxy) is 1. The number of benzene rings is 1. The number of likely N-dealkylation sites (tertiary alicyclic amines) is 1. The van der Waals surface area contributed by atoms with Crippen LogP contribution >= 0.6 is 0 Å². The number of amides is 1. The minimum Gasteiger partial charge on any atom is -0.493 e. The van der Waals surface area contributed by atoms with Gasteiger partial charge in [0.2, 0.25) is 0 Å². The van der Waals surface area contributed by atoms with E-state index in [2.05, 4.69) is 0 Å². The zero-order valence-corrected chi connectivity index (χ0v) is 10.4. The quantitative estimate of drug-likeness (QED) is 0.848. The highest BCUT2D eigenvalue weighted by molar-refractivity contribution is 5.94. The fourth-order valence-corrected chi connectivity index (χ4v) is 2.71. The molecule has 4 heteroatoms. The summed E-state index contributed by atoms with van der Waals surface area (Å²) >= 11 is 0. The van der Waals surface area contributed by atoms with Gasteiger partial charge < -0.3 is 15.4 Å². The van der Waals surface area contributed by atoms with E-state index in [0.29, 0.717) is 12.5 Å². The molecule has 1 amide bonds. The van der Waals surface area contributed by atoms with Gasteiger partial charge >= 0.3 is 0 Å². The molecule has 0 spiro atoms. The molecule has 0 bridgehead atoms. The largest absolute Gasteiger partial charge is 0.493 e. The Morgan fingerprint density at radius 2 is 2.39 bits per heavy atom. The molecule has 0 radical (unpaired) electrons. The fourth-order valence-electron chi connectivity index (χ4n) is 2.71. The molecule has 2 heterocycles. The van der Waals surface area contributed by atoms with Crippen molar-refractivity contribution in [1.29, 1.82) is 0 Å². The monoisotopic (exact) mass is 246 g/mol. The van der Waals surface area contributed by atoms with Crippen LogP contribution in [0.5, 0.6) is 5.75 Å². The Labute approximate surface area is 107 Å². The number of nitrogens with two attached hydrogens (primary N) is 1. The van der Waals surface area contributed by atoms with E-state index in [4.69, 9.17) is 10.5 Å². The highest BCUT2D eigenvalue weighted by atomic mass is 16.5. The normalized spacial score (nSPS) is 21.8. The Bertz CT molecular complexity index is 473. The van der Waals surface area contributed by atoms with Gasteiger partial charge in [-0.05, 0) is 42.6 Å². The lowest BCUT2D eigenvalue weighted by molar-refractivity contribution is 0.0787. The molecule has 18 heavy (non-hydrogen) atoms. The summed E-state index contributed by atoms with van der Waals surface area (Å²) in [4.78, 5) is 14.3. The second kappa shape index (κ2) is 4.61. The molecule has 2 N–H and O–H groups in total. The summed E-state index contributed by atoms with van der Waals surface area (Å²) in [5.74, 6) is 1.51. The maximum atomic E-state index is 12.4. The highest BCUT2D eigenvalue weighted by Crippen LogP contribution is 2.27. The molecule has 1 aromatic rings. The highest BCUT2D eigenvalue weighted by Gasteiger charge is 2.26. The third-order valence-electron chi connectivity index (χ3n) is 3.84. The van der Waals surface area contributed by atoms with Crippen molar-refractivity contribution in [2.75, 3.05) is 26.2 Å². The summed E-state index contributed by atoms with van der Waals surface area (Å²) < 4.78 is 5.45. The zero-order chi connectivity index (χ0) is 12.5. The van der Waals surface area contributed by atoms with E-state index in [1.807, 2.05) is 23.1 Å². The number of hydrogen-bond acceptors (Lipinski definition) is 3. The van der Waals surface area contributed by atoms with E-state index in [-0.39, 0.29) is 5.91 Å². The molecule has 1 saturated heterocycles. The molecule has 96 valence electrons. The van der Waals surface area contributed by atoms with Gasteiger partial charge in [0.15, 0.2) is 0 Å². The summed E-state index contributed by atoms with van der Waals surface area (Å²) in [6.45, 7) is 3.02. The second-order valence-electron chi connectivity index (χ2n) is 5.06. The van der Waals surface area contributed by atoms with E-state index in [0.717, 1.165) is 49.4 Å². The lowest BCUT2D eigenvalue weighted by atomic mass is 10.1. The lowest BCUT2D eigenvalue weighted by Crippen LogP contribution is -2.29. The smallest absolute Gasteiger partial charge is 0.253 e. The van der Waals surface area contributed by atoms with Crippen molar-refractivity contribution in [2.24, 2.45) is 11.7 Å². The summed E-state index contributed by atoms with van der Waals surface area (Å²) in [7, 11) is 0. The van der Waals surface area contributed by atoms with E-state index in [1.54, 1.807) is 0 Å². The van der Waals surface area contributed by atoms with Crippen molar-refractivity contribution in [2.45, 2.75) is 12.8 Å². The molecule has 0 saturated carbocycles. The predicted octanol–water partition coefficient (Wildman–Crippen LogP) is 1.04. The number of carbonyl (C=O) groups excluding carboxylic acids is 1. The van der Waals surface area contributed by atoms with Crippen LogP contribution in [0.1, 0.15) is 22.3 Å². The number of carbonyl (C=O) groups is 1. The van der Waals surface area contributed by atoms with Crippen molar-refractivity contribution in [3.05, 3.63) is 29.3 Å². The predicted molar refractivity (Wildman–Crippen MR) is 68.7 cm³/mol. The van der Waals surface area contributed by atoms with Gasteiger partial charge in [0.25, 0.3) is 5.91 Å². The van der Waals surface area contributed by atoms with Gasteiger partial charge in [-0.15, -0.1) is 0 Å². The Hall–Kier alpha value is -1.55. The van der Waals surface area contributed by atoms with Gasteiger partial charge in [-0.2, -0.15) is 0 Å². The lowest BCUT2D eigenvalue weighted by Gasteiger charge is -2.16. The maximum absolute atomic E-state index is 12.4. The summed E-state index contributed by atoms with van der Waals surface area (Å²) in [6, 6.07) is 5.74. The van der Waals surface area contributed by atoms with E-state index < -0.39 is 0 Å². The van der Waals surface area contributed by atoms with Crippen LogP contribution in [0.25, 0.3) is 0 Å². The first-order chi connectivity index (χ1) is 8.78. The van der Waals surface area contributed by atoms with Crippen LogP contribution in [0.3, 0.4) is 0 Å². The molecular weight excluding hydrogens is 228 g/mol. The van der Waals surface area contributed by atoms with Crippen LogP contribution in [-0.4, -0.2) is 37.0 Å². The van der Waals surface area contributed by atoms with Gasteiger partial charge in [-0.1, -0.05) is 0 Å². The SMILES string of the molecule is NC[C@H]1CCN(C(=O)c2ccc3c(c2)CCO3)C1. The minimum atomic E-state index is 0.126. The van der Waals surface area contributed by atoms with Crippen molar-refractivity contribution < 1.29 is 9.53 Å². The molecule has 2 aliphatic heterocycles. The molecule has 2 aliphatic rings. The van der Waals surface area contributed by atoms with Crippen LogP contribution in [-0.2, 0) is 6.42 Å². The van der Waals surface area contributed by atoms with Crippen LogP contribution < -0.4 is 10.5 Å². The van der Waals surface area contributed by atoms with Gasteiger partial charge in [0.1, 0.15) is 5.75 Å². The van der Waals surface area contributed by atoms with Crippen molar-refractivity contribution in [3.63, 3.8) is 0 Å². The van der Waals surface area contributed by atoms with Crippen LogP contribution in [0.4, 0.5) is 0 Å². The van der Waals surface area contributed by atoms with Crippen LogP contribution in [0.15, 0.2) is 18.2 Å². The molecular formula is C14H18N2O2. The second-order valence-corrected chi connectivity index (χ2v) is 5.06. The molecule has 3 rings (SSSR count). The third-order valence-corrected chi connectivity index (χ3v) is 3.84. The van der Waals surface area contributed by atoms with Gasteiger partial charge in [-0.3, -0.25) is 4.79 Å². The van der Waals surface area contributed by atoms with Crippen LogP contribution in [0, 0.1) is 5.92 Å². The Morgan fingerprint density at radius 3 is 3.17 bits per heavy atom. The Morgan fingerprint density at radius 1 is 1.50 bits per heavy atom. The molecule has 1 fully saturated rings. The van der Waals surface area contributed by atoms with Crippen molar-refractivity contribution in [1.82, 2.24) is 4.90 Å². The number of fused-ring (bicyclic) bond motifs is 1. The third kappa shape index (κ3) is 1.97. The average Bonchev–Trinajstić information content (AvgIpc) is 3.05. The summed E-state index contributed by atoms with van der Waals surface area (Å²) in [6.07, 6.45) is 1.93. The van der Waals surface area contributed by atoms with Gasteiger partial charge in [-0.25, -0.2) is 0 Å². The van der Waals surface area contributed by atoms with E-state index in [1.165, 1.54) is 0 Å². The molecule has 1 aromatic carbocycles. The van der Waals surface area contributed by atoms with E-state index in [9.17, 15) is 4.79 Å². The average molecular weight is 246 g/mol. The first-order valence-electron chi connectivity index (χ1n) is 6.53. The number of nitrogens with zero attached hydrogens (tertiary/aromatic N) is 1. The molecule has 4 nitrogen and oxygen atoms in total.